The molecule has 21 heavy (non-hydrogen) atoms. The minimum absolute atomic E-state index is 0.562. The van der Waals surface area contributed by atoms with Crippen molar-refractivity contribution in [3.05, 3.63) is 23.3 Å². The molecule has 0 nitrogen and oxygen atoms in total. The lowest BCUT2D eigenvalue weighted by atomic mass is 9.46. The van der Waals surface area contributed by atoms with Gasteiger partial charge in [0.1, 0.15) is 0 Å². The second-order valence-electron chi connectivity index (χ2n) is 8.82. The third-order valence-corrected chi connectivity index (χ3v) is 7.51. The van der Waals surface area contributed by atoms with Gasteiger partial charge in [0.25, 0.3) is 0 Å². The van der Waals surface area contributed by atoms with E-state index in [9.17, 15) is 0 Å². The summed E-state index contributed by atoms with van der Waals surface area (Å²) in [5.41, 5.74) is 4.53. The zero-order chi connectivity index (χ0) is 15.3. The predicted molar refractivity (Wildman–Crippen MR) is 92.2 cm³/mol. The molecule has 4 atom stereocenters. The van der Waals surface area contributed by atoms with Gasteiger partial charge in [-0.2, -0.15) is 0 Å². The van der Waals surface area contributed by atoms with Crippen LogP contribution >= 0.6 is 0 Å². The highest BCUT2D eigenvalue weighted by Gasteiger charge is 2.53. The van der Waals surface area contributed by atoms with E-state index in [0.29, 0.717) is 10.8 Å². The van der Waals surface area contributed by atoms with Crippen LogP contribution in [0.4, 0.5) is 0 Å². The van der Waals surface area contributed by atoms with Crippen molar-refractivity contribution in [3.8, 4) is 0 Å². The van der Waals surface area contributed by atoms with E-state index in [-0.39, 0.29) is 0 Å². The first-order valence-corrected chi connectivity index (χ1v) is 9.31. The van der Waals surface area contributed by atoms with Crippen LogP contribution in [0.15, 0.2) is 23.3 Å². The fourth-order valence-corrected chi connectivity index (χ4v) is 5.90. The molecule has 0 unspecified atom stereocenters. The largest absolute Gasteiger partial charge is 0.0807 e. The zero-order valence-electron chi connectivity index (χ0n) is 14.8. The van der Waals surface area contributed by atoms with Crippen molar-refractivity contribution in [2.75, 3.05) is 0 Å². The quantitative estimate of drug-likeness (QED) is 0.541. The van der Waals surface area contributed by atoms with Crippen LogP contribution in [-0.4, -0.2) is 0 Å². The Kier molecular flexibility index (Phi) is 3.87. The lowest BCUT2D eigenvalue weighted by Gasteiger charge is -2.58. The molecule has 0 aromatic rings. The molecule has 0 spiro atoms. The van der Waals surface area contributed by atoms with E-state index in [2.05, 4.69) is 46.8 Å². The molecule has 0 aromatic carbocycles. The van der Waals surface area contributed by atoms with Crippen molar-refractivity contribution in [1.82, 2.24) is 0 Å². The van der Waals surface area contributed by atoms with Crippen LogP contribution in [0.25, 0.3) is 0 Å². The van der Waals surface area contributed by atoms with Crippen molar-refractivity contribution in [2.45, 2.75) is 79.6 Å². The summed E-state index contributed by atoms with van der Waals surface area (Å²) < 4.78 is 0. The Morgan fingerprint density at radius 3 is 2.67 bits per heavy atom. The monoisotopic (exact) mass is 286 g/mol. The smallest absolute Gasteiger partial charge is 0.0105 e. The van der Waals surface area contributed by atoms with E-state index in [4.69, 9.17) is 0 Å². The molecule has 3 aliphatic rings. The predicted octanol–water partition coefficient (Wildman–Crippen LogP) is 6.53. The van der Waals surface area contributed by atoms with E-state index < -0.39 is 0 Å². The van der Waals surface area contributed by atoms with Crippen molar-refractivity contribution < 1.29 is 0 Å². The molecule has 0 bridgehead atoms. The van der Waals surface area contributed by atoms with Gasteiger partial charge in [-0.05, 0) is 66.3 Å². The van der Waals surface area contributed by atoms with E-state index in [0.717, 1.165) is 17.8 Å². The molecule has 0 heterocycles. The number of hydrogen-bond donors (Lipinski definition) is 0. The van der Waals surface area contributed by atoms with Gasteiger partial charge in [0.15, 0.2) is 0 Å². The average molecular weight is 287 g/mol. The van der Waals surface area contributed by atoms with Gasteiger partial charge < -0.3 is 0 Å². The lowest BCUT2D eigenvalue weighted by Crippen LogP contribution is -2.49. The van der Waals surface area contributed by atoms with Crippen LogP contribution in [0.1, 0.15) is 79.6 Å². The summed E-state index contributed by atoms with van der Waals surface area (Å²) in [5, 5.41) is 0. The van der Waals surface area contributed by atoms with Gasteiger partial charge in [0.05, 0.1) is 0 Å². The van der Waals surface area contributed by atoms with Crippen LogP contribution in [0.3, 0.4) is 0 Å². The fraction of sp³-hybridized carbons (Fsp3) is 0.810. The minimum Gasteiger partial charge on any atom is -0.0807 e. The van der Waals surface area contributed by atoms with Crippen LogP contribution in [0.2, 0.25) is 0 Å². The Morgan fingerprint density at radius 2 is 2.00 bits per heavy atom. The summed E-state index contributed by atoms with van der Waals surface area (Å²) >= 11 is 0. The molecule has 0 saturated heterocycles. The SMILES string of the molecule is CC[C@]1(C)CCC[C@]2(C)[C@@H]3CCC(C(C)C)=CC3=CC[C@H]12. The van der Waals surface area contributed by atoms with E-state index in [1.54, 1.807) is 11.1 Å². The highest BCUT2D eigenvalue weighted by Crippen LogP contribution is 2.62. The molecule has 0 aliphatic heterocycles. The molecular formula is C21H34. The Hall–Kier alpha value is -0.520. The van der Waals surface area contributed by atoms with E-state index >= 15 is 0 Å². The van der Waals surface area contributed by atoms with Gasteiger partial charge in [-0.15, -0.1) is 0 Å². The molecule has 0 aromatic heterocycles. The normalized spacial score (nSPS) is 43.0. The summed E-state index contributed by atoms with van der Waals surface area (Å²) in [7, 11) is 0. The first-order chi connectivity index (χ1) is 9.90. The molecule has 0 amide bonds. The summed E-state index contributed by atoms with van der Waals surface area (Å²) in [5.74, 6) is 2.47. The molecule has 0 radical (unpaired) electrons. The summed E-state index contributed by atoms with van der Waals surface area (Å²) in [4.78, 5) is 0. The minimum atomic E-state index is 0.562. The van der Waals surface area contributed by atoms with Gasteiger partial charge >= 0.3 is 0 Å². The maximum Gasteiger partial charge on any atom is -0.0105 e. The second-order valence-corrected chi connectivity index (χ2v) is 8.82. The molecule has 118 valence electrons. The van der Waals surface area contributed by atoms with Gasteiger partial charge in [0.2, 0.25) is 0 Å². The van der Waals surface area contributed by atoms with Gasteiger partial charge in [-0.25, -0.2) is 0 Å². The maximum absolute atomic E-state index is 2.64. The van der Waals surface area contributed by atoms with Gasteiger partial charge in [-0.3, -0.25) is 0 Å². The van der Waals surface area contributed by atoms with Gasteiger partial charge in [-0.1, -0.05) is 65.2 Å². The van der Waals surface area contributed by atoms with E-state index in [1.165, 1.54) is 44.9 Å². The number of hydrogen-bond acceptors (Lipinski definition) is 0. The fourth-order valence-electron chi connectivity index (χ4n) is 5.90. The Morgan fingerprint density at radius 1 is 1.24 bits per heavy atom. The van der Waals surface area contributed by atoms with E-state index in [1.807, 2.05) is 0 Å². The van der Waals surface area contributed by atoms with Crippen LogP contribution in [0.5, 0.6) is 0 Å². The standard InChI is InChI=1S/C21H34/c1-6-20(4)12-7-13-21(5)18-10-8-16(15(2)3)14-17(18)9-11-19(20)21/h9,14-15,18-19H,6-8,10-13H2,1-5H3/t18-,19-,20-,21-/m1/s1. The molecule has 3 rings (SSSR count). The molecule has 0 heteroatoms. The number of fused-ring (bicyclic) bond motifs is 3. The summed E-state index contributed by atoms with van der Waals surface area (Å²) in [6.45, 7) is 12.3. The zero-order valence-corrected chi connectivity index (χ0v) is 14.8. The third kappa shape index (κ3) is 2.34. The summed E-state index contributed by atoms with van der Waals surface area (Å²) in [6, 6.07) is 0. The van der Waals surface area contributed by atoms with Crippen molar-refractivity contribution in [1.29, 1.82) is 0 Å². The third-order valence-electron chi connectivity index (χ3n) is 7.51. The Labute approximate surface area is 132 Å². The molecular weight excluding hydrogens is 252 g/mol. The van der Waals surface area contributed by atoms with Crippen molar-refractivity contribution in [2.24, 2.45) is 28.6 Å². The molecule has 1 fully saturated rings. The topological polar surface area (TPSA) is 0 Å². The molecule has 1 saturated carbocycles. The molecule has 3 aliphatic carbocycles. The van der Waals surface area contributed by atoms with Gasteiger partial charge in [0, 0.05) is 0 Å². The molecule has 0 N–H and O–H groups in total. The second kappa shape index (κ2) is 5.28. The lowest BCUT2D eigenvalue weighted by molar-refractivity contribution is -0.0506. The maximum atomic E-state index is 2.64. The van der Waals surface area contributed by atoms with Crippen LogP contribution in [-0.2, 0) is 0 Å². The Balaban J connectivity index is 1.97. The first kappa shape index (κ1) is 15.4. The summed E-state index contributed by atoms with van der Waals surface area (Å²) in [6.07, 6.45) is 15.0. The van der Waals surface area contributed by atoms with Crippen LogP contribution in [0, 0.1) is 28.6 Å². The van der Waals surface area contributed by atoms with Crippen molar-refractivity contribution in [3.63, 3.8) is 0 Å². The van der Waals surface area contributed by atoms with Crippen LogP contribution < -0.4 is 0 Å². The number of rotatable bonds is 2. The Bertz CT molecular complexity index is 466. The average Bonchev–Trinajstić information content (AvgIpc) is 2.46. The highest BCUT2D eigenvalue weighted by atomic mass is 14.6. The first-order valence-electron chi connectivity index (χ1n) is 9.31. The highest BCUT2D eigenvalue weighted by molar-refractivity contribution is 5.35. The number of allylic oxidation sites excluding steroid dienone is 4. The van der Waals surface area contributed by atoms with Crippen molar-refractivity contribution >= 4 is 0 Å².